The minimum absolute atomic E-state index is 0.0197. The maximum absolute atomic E-state index is 11.9. The van der Waals surface area contributed by atoms with Gasteiger partial charge in [0.25, 0.3) is 0 Å². The normalized spacial score (nSPS) is 10.8. The van der Waals surface area contributed by atoms with Gasteiger partial charge in [-0.15, -0.1) is 10.2 Å². The fourth-order valence-electron chi connectivity index (χ4n) is 1.73. The predicted octanol–water partition coefficient (Wildman–Crippen LogP) is 3.14. The molecular formula is C14H12N4O2S3. The van der Waals surface area contributed by atoms with Crippen LogP contribution < -0.4 is 0 Å². The van der Waals surface area contributed by atoms with Crippen molar-refractivity contribution in [2.45, 2.75) is 8.68 Å². The van der Waals surface area contributed by atoms with Crippen molar-refractivity contribution in [3.8, 4) is 0 Å². The first-order chi connectivity index (χ1) is 11.2. The van der Waals surface area contributed by atoms with Gasteiger partial charge in [-0.2, -0.15) is 0 Å². The average molecular weight is 364 g/mol. The van der Waals surface area contributed by atoms with Crippen molar-refractivity contribution < 1.29 is 9.59 Å². The third-order valence-corrected chi connectivity index (χ3v) is 6.03. The van der Waals surface area contributed by atoms with Crippen LogP contribution in [0.25, 0.3) is 0 Å². The van der Waals surface area contributed by atoms with E-state index in [1.807, 2.05) is 0 Å². The molecule has 0 radical (unpaired) electrons. The van der Waals surface area contributed by atoms with Crippen LogP contribution in [0.2, 0.25) is 0 Å². The molecule has 6 nitrogen and oxygen atoms in total. The fraction of sp³-hybridized carbons (Fsp3) is 0.143. The van der Waals surface area contributed by atoms with E-state index in [1.165, 1.54) is 34.9 Å². The molecule has 0 saturated heterocycles. The number of Topliss-reactive ketones (excluding diaryl/α,β-unsaturated/α-hetero) is 2. The molecule has 0 bridgehead atoms. The van der Waals surface area contributed by atoms with Gasteiger partial charge in [0, 0.05) is 12.4 Å². The number of thioether (sulfide) groups is 2. The Morgan fingerprint density at radius 1 is 0.913 bits per heavy atom. The number of H-pyrrole nitrogens is 2. The Morgan fingerprint density at radius 2 is 1.39 bits per heavy atom. The number of rotatable bonds is 8. The molecule has 0 aromatic carbocycles. The third-order valence-electron chi connectivity index (χ3n) is 2.84. The number of hydrogen-bond acceptors (Lipinski definition) is 7. The Bertz CT molecular complexity index is 716. The highest BCUT2D eigenvalue weighted by atomic mass is 32.2. The van der Waals surface area contributed by atoms with Gasteiger partial charge in [0.05, 0.1) is 22.9 Å². The summed E-state index contributed by atoms with van der Waals surface area (Å²) >= 11 is 4.09. The molecule has 0 aliphatic rings. The molecule has 3 aromatic rings. The quantitative estimate of drug-likeness (QED) is 0.471. The molecule has 3 rings (SSSR count). The van der Waals surface area contributed by atoms with Crippen LogP contribution >= 0.6 is 34.9 Å². The van der Waals surface area contributed by atoms with Crippen molar-refractivity contribution in [1.82, 2.24) is 20.2 Å². The van der Waals surface area contributed by atoms with Gasteiger partial charge in [-0.3, -0.25) is 9.59 Å². The molecule has 23 heavy (non-hydrogen) atoms. The molecule has 9 heteroatoms. The van der Waals surface area contributed by atoms with Crippen LogP contribution in [0.1, 0.15) is 21.0 Å². The highest BCUT2D eigenvalue weighted by molar-refractivity contribution is 8.03. The number of nitrogens with one attached hydrogen (secondary N) is 2. The molecule has 0 fully saturated rings. The second-order valence-corrected chi connectivity index (χ2v) is 7.85. The average Bonchev–Trinajstić information content (AvgIpc) is 3.32. The van der Waals surface area contributed by atoms with Crippen molar-refractivity contribution in [2.75, 3.05) is 11.5 Å². The molecular weight excluding hydrogens is 352 g/mol. The summed E-state index contributed by atoms with van der Waals surface area (Å²) in [5.74, 6) is 0.653. The fourth-order valence-corrected chi connectivity index (χ4v) is 4.52. The Morgan fingerprint density at radius 3 is 1.78 bits per heavy atom. The Balaban J connectivity index is 1.48. The Hall–Kier alpha value is -1.84. The van der Waals surface area contributed by atoms with E-state index in [4.69, 9.17) is 0 Å². The molecule has 0 aliphatic carbocycles. The second kappa shape index (κ2) is 7.62. The van der Waals surface area contributed by atoms with E-state index >= 15 is 0 Å². The first-order valence-corrected chi connectivity index (χ1v) is 9.43. The summed E-state index contributed by atoms with van der Waals surface area (Å²) in [4.78, 5) is 29.5. The van der Waals surface area contributed by atoms with Gasteiger partial charge in [0.15, 0.2) is 20.2 Å². The monoisotopic (exact) mass is 364 g/mol. The summed E-state index contributed by atoms with van der Waals surface area (Å²) in [5.41, 5.74) is 1.18. The highest BCUT2D eigenvalue weighted by Gasteiger charge is 2.13. The van der Waals surface area contributed by atoms with Gasteiger partial charge in [-0.1, -0.05) is 34.9 Å². The van der Waals surface area contributed by atoms with Crippen molar-refractivity contribution in [3.63, 3.8) is 0 Å². The number of aromatic nitrogens is 4. The lowest BCUT2D eigenvalue weighted by atomic mass is 10.3. The number of carbonyl (C=O) groups is 2. The number of carbonyl (C=O) groups excluding carboxylic acids is 2. The van der Waals surface area contributed by atoms with Crippen molar-refractivity contribution >= 4 is 46.4 Å². The molecule has 3 aromatic heterocycles. The lowest BCUT2D eigenvalue weighted by Crippen LogP contribution is -2.02. The van der Waals surface area contributed by atoms with E-state index in [0.717, 1.165) is 8.68 Å². The van der Waals surface area contributed by atoms with Crippen LogP contribution in [0, 0.1) is 0 Å². The minimum atomic E-state index is 0.0197. The molecule has 2 N–H and O–H groups in total. The minimum Gasteiger partial charge on any atom is -0.359 e. The number of aromatic amines is 2. The van der Waals surface area contributed by atoms with Gasteiger partial charge >= 0.3 is 0 Å². The summed E-state index contributed by atoms with van der Waals surface area (Å²) in [5, 5.41) is 8.08. The van der Waals surface area contributed by atoms with Gasteiger partial charge in [0.1, 0.15) is 0 Å². The SMILES string of the molecule is O=C(CSc1nnc(SCC(=O)c2ccc[nH]2)s1)c1ccc[nH]1. The molecule has 3 heterocycles. The predicted molar refractivity (Wildman–Crippen MR) is 91.6 cm³/mol. The van der Waals surface area contributed by atoms with Crippen LogP contribution in [-0.4, -0.2) is 43.2 Å². The molecule has 118 valence electrons. The van der Waals surface area contributed by atoms with E-state index in [9.17, 15) is 9.59 Å². The van der Waals surface area contributed by atoms with Crippen LogP contribution in [0.5, 0.6) is 0 Å². The largest absolute Gasteiger partial charge is 0.359 e. The molecule has 0 saturated carbocycles. The first kappa shape index (κ1) is 16.0. The maximum atomic E-state index is 11.9. The second-order valence-electron chi connectivity index (χ2n) is 4.43. The molecule has 0 aliphatic heterocycles. The Kier molecular flexibility index (Phi) is 5.31. The van der Waals surface area contributed by atoms with Gasteiger partial charge in [-0.05, 0) is 24.3 Å². The molecule has 0 unspecified atom stereocenters. The van der Waals surface area contributed by atoms with Crippen LogP contribution in [0.15, 0.2) is 45.3 Å². The standard InChI is InChI=1S/C14H12N4O2S3/c19-11(9-3-1-5-15-9)7-21-13-17-18-14(23-13)22-8-12(20)10-4-2-6-16-10/h1-6,15-16H,7-8H2. The topological polar surface area (TPSA) is 91.5 Å². The van der Waals surface area contributed by atoms with E-state index < -0.39 is 0 Å². The maximum Gasteiger partial charge on any atom is 0.189 e. The zero-order valence-corrected chi connectivity index (χ0v) is 14.3. The van der Waals surface area contributed by atoms with Gasteiger partial charge in [-0.25, -0.2) is 0 Å². The summed E-state index contributed by atoms with van der Waals surface area (Å²) in [6.07, 6.45) is 3.44. The number of nitrogens with zero attached hydrogens (tertiary/aromatic N) is 2. The van der Waals surface area contributed by atoms with Crippen LogP contribution in [-0.2, 0) is 0 Å². The van der Waals surface area contributed by atoms with E-state index in [0.29, 0.717) is 22.9 Å². The summed E-state index contributed by atoms with van der Waals surface area (Å²) in [6.45, 7) is 0. The zero-order chi connectivity index (χ0) is 16.1. The van der Waals surface area contributed by atoms with Crippen LogP contribution in [0.4, 0.5) is 0 Å². The molecule has 0 atom stereocenters. The van der Waals surface area contributed by atoms with E-state index in [1.54, 1.807) is 36.7 Å². The van der Waals surface area contributed by atoms with Crippen LogP contribution in [0.3, 0.4) is 0 Å². The van der Waals surface area contributed by atoms with E-state index in [-0.39, 0.29) is 11.6 Å². The number of ketones is 2. The lowest BCUT2D eigenvalue weighted by molar-refractivity contribution is 0.101. The summed E-state index contributed by atoms with van der Waals surface area (Å²) in [7, 11) is 0. The highest BCUT2D eigenvalue weighted by Crippen LogP contribution is 2.29. The third kappa shape index (κ3) is 4.34. The zero-order valence-electron chi connectivity index (χ0n) is 11.8. The molecule has 0 amide bonds. The van der Waals surface area contributed by atoms with Crippen molar-refractivity contribution in [2.24, 2.45) is 0 Å². The van der Waals surface area contributed by atoms with Gasteiger partial charge in [0.2, 0.25) is 0 Å². The van der Waals surface area contributed by atoms with Gasteiger partial charge < -0.3 is 9.97 Å². The number of hydrogen-bond donors (Lipinski definition) is 2. The van der Waals surface area contributed by atoms with E-state index in [2.05, 4.69) is 20.2 Å². The first-order valence-electron chi connectivity index (χ1n) is 6.64. The smallest absolute Gasteiger partial charge is 0.189 e. The Labute approximate surface area is 144 Å². The summed E-state index contributed by atoms with van der Waals surface area (Å²) in [6, 6.07) is 7.07. The lowest BCUT2D eigenvalue weighted by Gasteiger charge is -1.95. The van der Waals surface area contributed by atoms with Crippen molar-refractivity contribution in [1.29, 1.82) is 0 Å². The summed E-state index contributed by atoms with van der Waals surface area (Å²) < 4.78 is 1.44. The van der Waals surface area contributed by atoms with Crippen molar-refractivity contribution in [3.05, 3.63) is 48.0 Å². The molecule has 0 spiro atoms.